The predicted molar refractivity (Wildman–Crippen MR) is 106 cm³/mol. The molecule has 1 unspecified atom stereocenters. The van der Waals surface area contributed by atoms with E-state index >= 15 is 0 Å². The SMILES string of the molecule is CC(C)C(Nc1cncc(-c2c[nH]c3ncc([As])cc23)c1)C(=O)NCC(F)(F)F. The second-order valence-electron chi connectivity index (χ2n) is 6.95. The fourth-order valence-electron chi connectivity index (χ4n) is 2.91. The van der Waals surface area contributed by atoms with Gasteiger partial charge in [0.2, 0.25) is 0 Å². The van der Waals surface area contributed by atoms with Gasteiger partial charge in [-0.1, -0.05) is 0 Å². The van der Waals surface area contributed by atoms with E-state index in [4.69, 9.17) is 0 Å². The molecule has 1 amide bonds. The molecule has 3 heterocycles. The van der Waals surface area contributed by atoms with E-state index in [2.05, 4.69) is 37.1 Å². The molecule has 6 nitrogen and oxygen atoms in total. The number of hydrogen-bond acceptors (Lipinski definition) is 4. The van der Waals surface area contributed by atoms with E-state index in [0.717, 1.165) is 26.5 Å². The zero-order valence-corrected chi connectivity index (χ0v) is 17.6. The molecule has 0 spiro atoms. The van der Waals surface area contributed by atoms with Gasteiger partial charge in [-0.2, -0.15) is 13.2 Å². The molecule has 152 valence electrons. The first-order chi connectivity index (χ1) is 13.6. The third kappa shape index (κ3) is 5.29. The summed E-state index contributed by atoms with van der Waals surface area (Å²) in [6, 6.07) is 2.95. The second-order valence-corrected chi connectivity index (χ2v) is 8.04. The number of nitrogens with zero attached hydrogens (tertiary/aromatic N) is 2. The predicted octanol–water partition coefficient (Wildman–Crippen LogP) is 2.53. The zero-order valence-electron chi connectivity index (χ0n) is 15.7. The van der Waals surface area contributed by atoms with Crippen LogP contribution in [0.5, 0.6) is 0 Å². The Morgan fingerprint density at radius 1 is 1.24 bits per heavy atom. The Labute approximate surface area is 174 Å². The van der Waals surface area contributed by atoms with Crippen LogP contribution >= 0.6 is 0 Å². The van der Waals surface area contributed by atoms with Gasteiger partial charge >= 0.3 is 161 Å². The maximum absolute atomic E-state index is 12.4. The molecular weight excluding hydrogens is 446 g/mol. The first kappa shape index (κ1) is 21.2. The van der Waals surface area contributed by atoms with Gasteiger partial charge in [0.25, 0.3) is 0 Å². The van der Waals surface area contributed by atoms with Gasteiger partial charge in [0.05, 0.1) is 0 Å². The molecule has 1 atom stereocenters. The number of H-pyrrole nitrogens is 1. The summed E-state index contributed by atoms with van der Waals surface area (Å²) in [5.74, 6) is -0.947. The number of carbonyl (C=O) groups is 1. The number of aromatic nitrogens is 3. The van der Waals surface area contributed by atoms with E-state index in [-0.39, 0.29) is 5.92 Å². The minimum atomic E-state index is -4.46. The summed E-state index contributed by atoms with van der Waals surface area (Å²) in [6.07, 6.45) is 2.32. The van der Waals surface area contributed by atoms with E-state index in [9.17, 15) is 18.0 Å². The quantitative estimate of drug-likeness (QED) is 0.489. The molecule has 0 saturated carbocycles. The zero-order chi connectivity index (χ0) is 21.2. The van der Waals surface area contributed by atoms with Crippen molar-refractivity contribution in [1.29, 1.82) is 0 Å². The van der Waals surface area contributed by atoms with Crippen LogP contribution in [-0.2, 0) is 4.79 Å². The van der Waals surface area contributed by atoms with Crippen molar-refractivity contribution in [2.75, 3.05) is 11.9 Å². The van der Waals surface area contributed by atoms with E-state index in [1.807, 2.05) is 17.6 Å². The monoisotopic (exact) mass is 465 g/mol. The number of rotatable bonds is 6. The van der Waals surface area contributed by atoms with Crippen molar-refractivity contribution in [2.45, 2.75) is 26.1 Å². The molecule has 29 heavy (non-hydrogen) atoms. The number of anilines is 1. The van der Waals surface area contributed by atoms with E-state index in [1.54, 1.807) is 32.3 Å². The van der Waals surface area contributed by atoms with E-state index in [0.29, 0.717) is 5.69 Å². The Morgan fingerprint density at radius 3 is 2.69 bits per heavy atom. The molecule has 0 aromatic carbocycles. The summed E-state index contributed by atoms with van der Waals surface area (Å²) >= 11 is 2.43. The molecule has 3 aromatic heterocycles. The van der Waals surface area contributed by atoms with Crippen LogP contribution in [0, 0.1) is 5.92 Å². The molecule has 10 heteroatoms. The first-order valence-electron chi connectivity index (χ1n) is 8.86. The van der Waals surface area contributed by atoms with E-state index < -0.39 is 24.7 Å². The summed E-state index contributed by atoms with van der Waals surface area (Å²) < 4.78 is 38.2. The molecule has 3 rings (SSSR count). The number of hydrogen-bond donors (Lipinski definition) is 3. The van der Waals surface area contributed by atoms with Crippen molar-refractivity contribution in [2.24, 2.45) is 5.92 Å². The van der Waals surface area contributed by atoms with Crippen molar-refractivity contribution in [3.8, 4) is 11.1 Å². The number of pyridine rings is 2. The molecule has 2 radical (unpaired) electrons. The second kappa shape index (κ2) is 8.45. The van der Waals surface area contributed by atoms with Crippen molar-refractivity contribution in [3.63, 3.8) is 0 Å². The third-order valence-corrected chi connectivity index (χ3v) is 4.81. The summed E-state index contributed by atoms with van der Waals surface area (Å²) in [5, 5.41) is 5.86. The Bertz CT molecular complexity index is 1020. The van der Waals surface area contributed by atoms with Crippen molar-refractivity contribution in [1.82, 2.24) is 20.3 Å². The average molecular weight is 465 g/mol. The normalized spacial score (nSPS) is 12.9. The van der Waals surface area contributed by atoms with Crippen LogP contribution in [-0.4, -0.2) is 56.5 Å². The Balaban J connectivity index is 1.84. The fraction of sp³-hybridized carbons (Fsp3) is 0.316. The molecule has 0 bridgehead atoms. The van der Waals surface area contributed by atoms with Gasteiger partial charge < -0.3 is 0 Å². The molecule has 0 aliphatic heterocycles. The number of halogens is 3. The molecular formula is C19H19AsF3N5O. The van der Waals surface area contributed by atoms with Gasteiger partial charge in [-0.25, -0.2) is 0 Å². The number of aromatic amines is 1. The van der Waals surface area contributed by atoms with Gasteiger partial charge in [0, 0.05) is 0 Å². The average Bonchev–Trinajstić information content (AvgIpc) is 3.06. The number of amides is 1. The van der Waals surface area contributed by atoms with Crippen molar-refractivity contribution >= 4 is 43.8 Å². The maximum atomic E-state index is 12.4. The number of alkyl halides is 3. The van der Waals surface area contributed by atoms with Gasteiger partial charge in [0.15, 0.2) is 0 Å². The molecule has 3 N–H and O–H groups in total. The topological polar surface area (TPSA) is 82.7 Å². The van der Waals surface area contributed by atoms with Crippen LogP contribution in [0.15, 0.2) is 36.9 Å². The van der Waals surface area contributed by atoms with Gasteiger partial charge in [-0.05, 0) is 0 Å². The van der Waals surface area contributed by atoms with Crippen LogP contribution in [0.4, 0.5) is 18.9 Å². The van der Waals surface area contributed by atoms with E-state index in [1.165, 1.54) is 6.20 Å². The standard InChI is InChI=1S/C19H19AsF3N5O/c1-10(2)16(18(29)27-9-19(21,22)23)28-13-3-11(5-24-7-13)15-8-26-17-14(15)4-12(20)6-25-17/h3-8,10,16,28H,9H2,1-2H3,(H,25,26)(H,27,29). The Kier molecular flexibility index (Phi) is 6.17. The number of carbonyl (C=O) groups excluding carboxylic acids is 1. The van der Waals surface area contributed by atoms with Crippen LogP contribution in [0.3, 0.4) is 0 Å². The van der Waals surface area contributed by atoms with Crippen molar-refractivity contribution < 1.29 is 18.0 Å². The van der Waals surface area contributed by atoms with Gasteiger partial charge in [0.1, 0.15) is 0 Å². The smallest absolute Gasteiger partial charge is 0.169 e. The third-order valence-electron chi connectivity index (χ3n) is 4.30. The molecule has 0 aliphatic carbocycles. The summed E-state index contributed by atoms with van der Waals surface area (Å²) in [7, 11) is 0. The van der Waals surface area contributed by atoms with Crippen LogP contribution < -0.4 is 15.0 Å². The summed E-state index contributed by atoms with van der Waals surface area (Å²) in [6.45, 7) is 2.15. The fourth-order valence-corrected chi connectivity index (χ4v) is 3.30. The number of nitrogens with one attached hydrogen (secondary N) is 3. The minimum Gasteiger partial charge on any atom is -0.169 e. The molecule has 0 fully saturated rings. The molecule has 0 saturated heterocycles. The van der Waals surface area contributed by atoms with Crippen molar-refractivity contribution in [3.05, 3.63) is 36.9 Å². The molecule has 3 aromatic rings. The van der Waals surface area contributed by atoms with Crippen LogP contribution in [0.2, 0.25) is 0 Å². The Morgan fingerprint density at radius 2 is 2.00 bits per heavy atom. The minimum absolute atomic E-state index is 0.232. The Hall–Kier alpha value is -2.54. The number of fused-ring (bicyclic) bond motifs is 1. The van der Waals surface area contributed by atoms with Crippen LogP contribution in [0.25, 0.3) is 22.2 Å². The summed E-state index contributed by atoms with van der Waals surface area (Å²) in [5.41, 5.74) is 2.95. The van der Waals surface area contributed by atoms with Gasteiger partial charge in [-0.15, -0.1) is 0 Å². The molecule has 0 aliphatic rings. The van der Waals surface area contributed by atoms with Crippen LogP contribution in [0.1, 0.15) is 13.8 Å². The summed E-state index contributed by atoms with van der Waals surface area (Å²) in [4.78, 5) is 23.9. The van der Waals surface area contributed by atoms with Gasteiger partial charge in [-0.3, -0.25) is 0 Å². The first-order valence-corrected chi connectivity index (χ1v) is 9.80.